The Kier molecular flexibility index (Phi) is 6.21. The summed E-state index contributed by atoms with van der Waals surface area (Å²) < 4.78 is 26.4. The molecule has 0 aromatic heterocycles. The van der Waals surface area contributed by atoms with Crippen molar-refractivity contribution in [3.63, 3.8) is 0 Å². The van der Waals surface area contributed by atoms with Gasteiger partial charge in [-0.25, -0.2) is 13.1 Å². The molecule has 1 atom stereocenters. The van der Waals surface area contributed by atoms with Gasteiger partial charge in [0.15, 0.2) is 0 Å². The van der Waals surface area contributed by atoms with E-state index in [9.17, 15) is 8.42 Å². The van der Waals surface area contributed by atoms with Crippen LogP contribution in [0.2, 0.25) is 0 Å². The van der Waals surface area contributed by atoms with Gasteiger partial charge in [0.05, 0.1) is 5.75 Å². The number of hydrogen-bond donors (Lipinski definition) is 2. The van der Waals surface area contributed by atoms with Crippen LogP contribution in [0.3, 0.4) is 0 Å². The fourth-order valence-corrected chi connectivity index (χ4v) is 3.40. The van der Waals surface area contributed by atoms with E-state index in [4.69, 9.17) is 0 Å². The van der Waals surface area contributed by atoms with E-state index < -0.39 is 10.0 Å². The van der Waals surface area contributed by atoms with Crippen LogP contribution in [0.5, 0.6) is 0 Å². The van der Waals surface area contributed by atoms with E-state index in [1.54, 1.807) is 0 Å². The largest absolute Gasteiger partial charge is 0.314 e. The van der Waals surface area contributed by atoms with E-state index in [0.717, 1.165) is 13.0 Å². The number of nitrogens with one attached hydrogen (secondary N) is 2. The Morgan fingerprint density at radius 1 is 1.19 bits per heavy atom. The summed E-state index contributed by atoms with van der Waals surface area (Å²) in [6.07, 6.45) is 3.98. The van der Waals surface area contributed by atoms with Gasteiger partial charge >= 0.3 is 0 Å². The third-order valence-corrected chi connectivity index (χ3v) is 5.34. The first-order chi connectivity index (χ1) is 10.1. The molecule has 5 heteroatoms. The van der Waals surface area contributed by atoms with Gasteiger partial charge in [0.2, 0.25) is 10.0 Å². The Labute approximate surface area is 128 Å². The summed E-state index contributed by atoms with van der Waals surface area (Å²) in [6.45, 7) is 3.43. The fraction of sp³-hybridized carbons (Fsp3) is 0.625. The minimum atomic E-state index is -3.13. The van der Waals surface area contributed by atoms with Crippen molar-refractivity contribution in [2.24, 2.45) is 0 Å². The molecule has 0 spiro atoms. The lowest BCUT2D eigenvalue weighted by molar-refractivity contribution is 0.566. The molecule has 1 aromatic rings. The molecule has 1 aliphatic rings. The van der Waals surface area contributed by atoms with E-state index in [1.165, 1.54) is 18.4 Å². The fourth-order valence-electron chi connectivity index (χ4n) is 2.31. The van der Waals surface area contributed by atoms with Gasteiger partial charge in [-0.15, -0.1) is 0 Å². The van der Waals surface area contributed by atoms with Gasteiger partial charge in [0.1, 0.15) is 0 Å². The summed E-state index contributed by atoms with van der Waals surface area (Å²) in [7, 11) is -3.13. The van der Waals surface area contributed by atoms with E-state index in [-0.39, 0.29) is 5.75 Å². The molecule has 0 amide bonds. The van der Waals surface area contributed by atoms with Crippen molar-refractivity contribution in [3.8, 4) is 0 Å². The number of rotatable bonds is 10. The van der Waals surface area contributed by atoms with Crippen molar-refractivity contribution in [2.75, 3.05) is 18.8 Å². The summed E-state index contributed by atoms with van der Waals surface area (Å²) in [5, 5.41) is 3.33. The maximum Gasteiger partial charge on any atom is 0.211 e. The molecule has 1 unspecified atom stereocenters. The average molecular weight is 310 g/mol. The molecule has 4 nitrogen and oxygen atoms in total. The molecule has 2 rings (SSSR count). The monoisotopic (exact) mass is 310 g/mol. The lowest BCUT2D eigenvalue weighted by Gasteiger charge is -2.12. The second kappa shape index (κ2) is 7.92. The van der Waals surface area contributed by atoms with Crippen LogP contribution in [0.15, 0.2) is 30.3 Å². The van der Waals surface area contributed by atoms with Crippen molar-refractivity contribution in [1.29, 1.82) is 0 Å². The predicted octanol–water partition coefficient (Wildman–Crippen LogP) is 2.24. The summed E-state index contributed by atoms with van der Waals surface area (Å²) in [5.41, 5.74) is 1.25. The van der Waals surface area contributed by atoms with Crippen LogP contribution in [0, 0.1) is 0 Å². The Bertz CT molecular complexity index is 512. The molecule has 1 fully saturated rings. The van der Waals surface area contributed by atoms with Crippen LogP contribution in [0.25, 0.3) is 0 Å². The zero-order valence-electron chi connectivity index (χ0n) is 12.7. The SMILES string of the molecule is CC(CCNS(=O)(=O)CCCNC1CC1)c1ccccc1. The predicted molar refractivity (Wildman–Crippen MR) is 86.9 cm³/mol. The Hall–Kier alpha value is -0.910. The summed E-state index contributed by atoms with van der Waals surface area (Å²) in [6, 6.07) is 10.8. The molecule has 118 valence electrons. The highest BCUT2D eigenvalue weighted by atomic mass is 32.2. The third-order valence-electron chi connectivity index (χ3n) is 3.87. The number of hydrogen-bond acceptors (Lipinski definition) is 3. The van der Waals surface area contributed by atoms with Crippen molar-refractivity contribution in [2.45, 2.75) is 44.6 Å². The van der Waals surface area contributed by atoms with Gasteiger partial charge in [-0.3, -0.25) is 0 Å². The lowest BCUT2D eigenvalue weighted by Crippen LogP contribution is -2.30. The van der Waals surface area contributed by atoms with Crippen LogP contribution >= 0.6 is 0 Å². The number of benzene rings is 1. The van der Waals surface area contributed by atoms with Crippen LogP contribution in [-0.4, -0.2) is 33.3 Å². The zero-order valence-corrected chi connectivity index (χ0v) is 13.5. The molecule has 1 aromatic carbocycles. The van der Waals surface area contributed by atoms with Crippen LogP contribution in [-0.2, 0) is 10.0 Å². The van der Waals surface area contributed by atoms with Gasteiger partial charge in [0.25, 0.3) is 0 Å². The van der Waals surface area contributed by atoms with Crippen LogP contribution in [0.4, 0.5) is 0 Å². The smallest absolute Gasteiger partial charge is 0.211 e. The highest BCUT2D eigenvalue weighted by Gasteiger charge is 2.20. The molecule has 1 saturated carbocycles. The standard InChI is InChI=1S/C16H26N2O2S/c1-14(15-6-3-2-4-7-15)10-12-18-21(19,20)13-5-11-17-16-8-9-16/h2-4,6-7,14,16-18H,5,8-13H2,1H3. The van der Waals surface area contributed by atoms with Crippen LogP contribution in [0.1, 0.15) is 44.1 Å². The molecule has 0 heterocycles. The topological polar surface area (TPSA) is 58.2 Å². The van der Waals surface area contributed by atoms with E-state index in [2.05, 4.69) is 29.1 Å². The van der Waals surface area contributed by atoms with Crippen molar-refractivity contribution in [1.82, 2.24) is 10.0 Å². The Balaban J connectivity index is 1.61. The quantitative estimate of drug-likeness (QED) is 0.652. The highest BCUT2D eigenvalue weighted by molar-refractivity contribution is 7.89. The van der Waals surface area contributed by atoms with E-state index in [1.807, 2.05) is 18.2 Å². The molecule has 0 bridgehead atoms. The molecule has 1 aliphatic carbocycles. The Morgan fingerprint density at radius 3 is 2.57 bits per heavy atom. The summed E-state index contributed by atoms with van der Waals surface area (Å²) >= 11 is 0. The lowest BCUT2D eigenvalue weighted by atomic mass is 9.98. The van der Waals surface area contributed by atoms with Crippen molar-refractivity contribution in [3.05, 3.63) is 35.9 Å². The molecule has 21 heavy (non-hydrogen) atoms. The summed E-state index contributed by atoms with van der Waals surface area (Å²) in [5.74, 6) is 0.581. The van der Waals surface area contributed by atoms with Gasteiger partial charge in [0, 0.05) is 12.6 Å². The first-order valence-electron chi connectivity index (χ1n) is 7.82. The minimum absolute atomic E-state index is 0.215. The zero-order chi connectivity index (χ0) is 15.1. The molecule has 0 saturated heterocycles. The van der Waals surface area contributed by atoms with Crippen molar-refractivity contribution < 1.29 is 8.42 Å². The van der Waals surface area contributed by atoms with Gasteiger partial charge in [-0.05, 0) is 43.7 Å². The van der Waals surface area contributed by atoms with E-state index in [0.29, 0.717) is 24.9 Å². The second-order valence-corrected chi connectivity index (χ2v) is 7.82. The molecule has 2 N–H and O–H groups in total. The van der Waals surface area contributed by atoms with E-state index >= 15 is 0 Å². The van der Waals surface area contributed by atoms with Crippen LogP contribution < -0.4 is 10.0 Å². The molecular weight excluding hydrogens is 284 g/mol. The van der Waals surface area contributed by atoms with Crippen molar-refractivity contribution >= 4 is 10.0 Å². The van der Waals surface area contributed by atoms with Gasteiger partial charge in [-0.1, -0.05) is 37.3 Å². The molecule has 0 radical (unpaired) electrons. The third kappa shape index (κ3) is 6.59. The maximum atomic E-state index is 11.9. The molecule has 0 aliphatic heterocycles. The second-order valence-electron chi connectivity index (χ2n) is 5.90. The average Bonchev–Trinajstić information content (AvgIpc) is 3.28. The highest BCUT2D eigenvalue weighted by Crippen LogP contribution is 2.18. The Morgan fingerprint density at radius 2 is 1.90 bits per heavy atom. The molecular formula is C16H26N2O2S. The van der Waals surface area contributed by atoms with Gasteiger partial charge < -0.3 is 5.32 Å². The minimum Gasteiger partial charge on any atom is -0.314 e. The number of sulfonamides is 1. The maximum absolute atomic E-state index is 11.9. The summed E-state index contributed by atoms with van der Waals surface area (Å²) in [4.78, 5) is 0. The first kappa shape index (κ1) is 16.5. The first-order valence-corrected chi connectivity index (χ1v) is 9.48. The van der Waals surface area contributed by atoms with Gasteiger partial charge in [-0.2, -0.15) is 0 Å². The normalized spacial score (nSPS) is 16.8.